The van der Waals surface area contributed by atoms with Crippen molar-refractivity contribution >= 4 is 23.1 Å². The number of ketones is 1. The molecule has 0 amide bonds. The van der Waals surface area contributed by atoms with Crippen molar-refractivity contribution in [3.05, 3.63) is 69.8 Å². The Morgan fingerprint density at radius 1 is 1.24 bits per heavy atom. The van der Waals surface area contributed by atoms with E-state index in [0.29, 0.717) is 5.56 Å². The molecule has 2 aromatic rings. The van der Waals surface area contributed by atoms with E-state index < -0.39 is 10.3 Å². The van der Waals surface area contributed by atoms with Crippen molar-refractivity contribution in [2.24, 2.45) is 0 Å². The molecular formula is C15H12ClNO4. The summed E-state index contributed by atoms with van der Waals surface area (Å²) < 4.78 is 5.06. The number of non-ortho nitro benzene ring substituents is 1. The third kappa shape index (κ3) is 3.20. The van der Waals surface area contributed by atoms with E-state index in [1.54, 1.807) is 24.3 Å². The van der Waals surface area contributed by atoms with Crippen LogP contribution in [0, 0.1) is 10.1 Å². The molecule has 0 spiro atoms. The zero-order chi connectivity index (χ0) is 15.4. The normalized spacial score (nSPS) is 11.7. The van der Waals surface area contributed by atoms with Crippen LogP contribution in [0.1, 0.15) is 21.3 Å². The van der Waals surface area contributed by atoms with E-state index >= 15 is 0 Å². The second-order valence-corrected chi connectivity index (χ2v) is 4.72. The molecule has 0 radical (unpaired) electrons. The smallest absolute Gasteiger partial charge is 0.273 e. The van der Waals surface area contributed by atoms with E-state index in [4.69, 9.17) is 16.3 Å². The van der Waals surface area contributed by atoms with Gasteiger partial charge in [-0.05, 0) is 11.6 Å². The first-order valence-corrected chi connectivity index (χ1v) is 6.54. The van der Waals surface area contributed by atoms with E-state index in [9.17, 15) is 14.9 Å². The Hall–Kier alpha value is -2.40. The summed E-state index contributed by atoms with van der Waals surface area (Å²) in [6, 6.07) is 12.7. The predicted molar refractivity (Wildman–Crippen MR) is 79.0 cm³/mol. The number of Topliss-reactive ketones (excluding diaryl/α,β-unsaturated/α-hetero) is 1. The number of rotatable bonds is 5. The van der Waals surface area contributed by atoms with Gasteiger partial charge in [-0.3, -0.25) is 14.9 Å². The van der Waals surface area contributed by atoms with Crippen molar-refractivity contribution in [2.75, 3.05) is 7.11 Å². The van der Waals surface area contributed by atoms with Gasteiger partial charge in [-0.25, -0.2) is 0 Å². The number of hydrogen-bond donors (Lipinski definition) is 0. The summed E-state index contributed by atoms with van der Waals surface area (Å²) in [6.07, 6.45) is 0. The van der Waals surface area contributed by atoms with Crippen LogP contribution in [-0.2, 0) is 0 Å². The number of ether oxygens (including phenoxy) is 1. The highest BCUT2D eigenvalue weighted by atomic mass is 35.5. The molecule has 0 N–H and O–H groups in total. The Bertz CT molecular complexity index is 673. The minimum atomic E-state index is -0.874. The number of hydrogen-bond acceptors (Lipinski definition) is 4. The quantitative estimate of drug-likeness (QED) is 0.365. The lowest BCUT2D eigenvalue weighted by atomic mass is 10.0. The van der Waals surface area contributed by atoms with E-state index in [0.717, 1.165) is 0 Å². The van der Waals surface area contributed by atoms with Gasteiger partial charge in [0.25, 0.3) is 5.69 Å². The van der Waals surface area contributed by atoms with Gasteiger partial charge < -0.3 is 4.74 Å². The molecule has 108 valence electrons. The third-order valence-electron chi connectivity index (χ3n) is 2.98. The number of nitro benzene ring substituents is 1. The number of nitro groups is 1. The van der Waals surface area contributed by atoms with Crippen LogP contribution in [0.25, 0.3) is 0 Å². The van der Waals surface area contributed by atoms with Crippen LogP contribution in [0.15, 0.2) is 48.5 Å². The molecule has 5 nitrogen and oxygen atoms in total. The molecule has 6 heteroatoms. The fraction of sp³-hybridized carbons (Fsp3) is 0.133. The second-order valence-electron chi connectivity index (χ2n) is 4.28. The first-order chi connectivity index (χ1) is 10.0. The Kier molecular flexibility index (Phi) is 4.55. The van der Waals surface area contributed by atoms with Gasteiger partial charge in [0.1, 0.15) is 11.1 Å². The minimum Gasteiger partial charge on any atom is -0.496 e. The maximum absolute atomic E-state index is 12.4. The van der Waals surface area contributed by atoms with E-state index in [-0.39, 0.29) is 22.8 Å². The first kappa shape index (κ1) is 15.0. The topological polar surface area (TPSA) is 69.4 Å². The van der Waals surface area contributed by atoms with Crippen LogP contribution in [0.5, 0.6) is 5.75 Å². The van der Waals surface area contributed by atoms with Gasteiger partial charge in [-0.15, -0.1) is 11.6 Å². The fourth-order valence-electron chi connectivity index (χ4n) is 1.91. The molecule has 0 bridgehead atoms. The summed E-state index contributed by atoms with van der Waals surface area (Å²) in [6.45, 7) is 0. The largest absolute Gasteiger partial charge is 0.496 e. The van der Waals surface area contributed by atoms with Gasteiger partial charge >= 0.3 is 0 Å². The van der Waals surface area contributed by atoms with Gasteiger partial charge in [0, 0.05) is 6.07 Å². The molecule has 1 atom stereocenters. The Balaban J connectivity index is 2.37. The molecule has 2 rings (SSSR count). The van der Waals surface area contributed by atoms with Crippen LogP contribution >= 0.6 is 11.6 Å². The zero-order valence-corrected chi connectivity index (χ0v) is 11.9. The lowest BCUT2D eigenvalue weighted by Gasteiger charge is -2.12. The van der Waals surface area contributed by atoms with Crippen LogP contribution in [0.2, 0.25) is 0 Å². The fourth-order valence-corrected chi connectivity index (χ4v) is 2.17. The third-order valence-corrected chi connectivity index (χ3v) is 3.43. The minimum absolute atomic E-state index is 0.135. The van der Waals surface area contributed by atoms with Gasteiger partial charge in [-0.2, -0.15) is 0 Å². The van der Waals surface area contributed by atoms with Gasteiger partial charge in [0.15, 0.2) is 5.78 Å². The van der Waals surface area contributed by atoms with E-state index in [1.807, 2.05) is 6.07 Å². The summed E-state index contributed by atoms with van der Waals surface area (Å²) in [5, 5.41) is 9.87. The number of alkyl halides is 1. The maximum atomic E-state index is 12.4. The molecule has 0 heterocycles. The van der Waals surface area contributed by atoms with Crippen molar-refractivity contribution < 1.29 is 14.5 Å². The average Bonchev–Trinajstić information content (AvgIpc) is 2.53. The SMILES string of the molecule is COc1cc([N+](=O)[O-])ccc1C(=O)C(Cl)c1ccccc1. The molecule has 0 aromatic heterocycles. The van der Waals surface area contributed by atoms with Gasteiger partial charge in [0.05, 0.1) is 23.7 Å². The monoisotopic (exact) mass is 305 g/mol. The van der Waals surface area contributed by atoms with Crippen molar-refractivity contribution in [3.63, 3.8) is 0 Å². The summed E-state index contributed by atoms with van der Waals surface area (Å²) in [5.41, 5.74) is 0.728. The molecule has 0 aliphatic carbocycles. The molecule has 0 fully saturated rings. The molecule has 0 aliphatic rings. The highest BCUT2D eigenvalue weighted by molar-refractivity contribution is 6.34. The highest BCUT2D eigenvalue weighted by Crippen LogP contribution is 2.31. The van der Waals surface area contributed by atoms with Crippen molar-refractivity contribution in [2.45, 2.75) is 5.38 Å². The van der Waals surface area contributed by atoms with Crippen LogP contribution in [0.3, 0.4) is 0 Å². The number of benzene rings is 2. The first-order valence-electron chi connectivity index (χ1n) is 6.10. The number of carbonyl (C=O) groups excluding carboxylic acids is 1. The second kappa shape index (κ2) is 6.37. The molecule has 21 heavy (non-hydrogen) atoms. The summed E-state index contributed by atoms with van der Waals surface area (Å²) in [4.78, 5) is 22.6. The zero-order valence-electron chi connectivity index (χ0n) is 11.2. The molecule has 1 unspecified atom stereocenters. The van der Waals surface area contributed by atoms with Crippen molar-refractivity contribution in [1.82, 2.24) is 0 Å². The van der Waals surface area contributed by atoms with Crippen LogP contribution < -0.4 is 4.74 Å². The molecular weight excluding hydrogens is 294 g/mol. The highest BCUT2D eigenvalue weighted by Gasteiger charge is 2.24. The molecule has 0 saturated heterocycles. The lowest BCUT2D eigenvalue weighted by molar-refractivity contribution is -0.384. The maximum Gasteiger partial charge on any atom is 0.273 e. The summed E-state index contributed by atoms with van der Waals surface area (Å²) >= 11 is 6.18. The van der Waals surface area contributed by atoms with Crippen LogP contribution in [0.4, 0.5) is 5.69 Å². The van der Waals surface area contributed by atoms with Crippen molar-refractivity contribution in [3.8, 4) is 5.75 Å². The average molecular weight is 306 g/mol. The van der Waals surface area contributed by atoms with Crippen LogP contribution in [-0.4, -0.2) is 17.8 Å². The molecule has 2 aromatic carbocycles. The Labute approximate surface area is 126 Å². The summed E-state index contributed by atoms with van der Waals surface area (Å²) in [7, 11) is 1.35. The predicted octanol–water partition coefficient (Wildman–Crippen LogP) is 3.77. The number of methoxy groups -OCH3 is 1. The Morgan fingerprint density at radius 3 is 2.48 bits per heavy atom. The number of nitrogens with zero attached hydrogens (tertiary/aromatic N) is 1. The van der Waals surface area contributed by atoms with E-state index in [1.165, 1.54) is 25.3 Å². The Morgan fingerprint density at radius 2 is 1.90 bits per heavy atom. The van der Waals surface area contributed by atoms with Gasteiger partial charge in [0.2, 0.25) is 0 Å². The number of carbonyl (C=O) groups is 1. The van der Waals surface area contributed by atoms with E-state index in [2.05, 4.69) is 0 Å². The van der Waals surface area contributed by atoms with Gasteiger partial charge in [-0.1, -0.05) is 30.3 Å². The molecule has 0 saturated carbocycles. The molecule has 0 aliphatic heterocycles. The standard InChI is InChI=1S/C15H12ClNO4/c1-21-13-9-11(17(19)20)7-8-12(13)15(18)14(16)10-5-3-2-4-6-10/h2-9,14H,1H3. The summed E-state index contributed by atoms with van der Waals surface area (Å²) in [5.74, 6) is -0.231. The lowest BCUT2D eigenvalue weighted by Crippen LogP contribution is -2.09. The van der Waals surface area contributed by atoms with Crippen molar-refractivity contribution in [1.29, 1.82) is 0 Å². The number of halogens is 1.